The van der Waals surface area contributed by atoms with Crippen molar-refractivity contribution in [2.24, 2.45) is 5.73 Å². The van der Waals surface area contributed by atoms with Crippen LogP contribution in [0.4, 0.5) is 0 Å². The van der Waals surface area contributed by atoms with Gasteiger partial charge in [0.05, 0.1) is 0 Å². The molecule has 1 aliphatic rings. The van der Waals surface area contributed by atoms with Crippen molar-refractivity contribution < 1.29 is 9.90 Å². The number of nitrogens with zero attached hydrogens (tertiary/aromatic N) is 1. The third-order valence-corrected chi connectivity index (χ3v) is 3.88. The summed E-state index contributed by atoms with van der Waals surface area (Å²) < 4.78 is 0. The van der Waals surface area contributed by atoms with Gasteiger partial charge in [-0.15, -0.1) is 0 Å². The van der Waals surface area contributed by atoms with Gasteiger partial charge in [-0.1, -0.05) is 19.4 Å². The van der Waals surface area contributed by atoms with Crippen molar-refractivity contribution in [3.8, 4) is 0 Å². The molecule has 1 heterocycles. The van der Waals surface area contributed by atoms with Crippen molar-refractivity contribution in [2.75, 3.05) is 0 Å². The van der Waals surface area contributed by atoms with Crippen LogP contribution >= 0.6 is 0 Å². The molecule has 98 valence electrons. The van der Waals surface area contributed by atoms with Gasteiger partial charge in [-0.25, -0.2) is 0 Å². The molecule has 0 radical (unpaired) electrons. The van der Waals surface area contributed by atoms with Crippen LogP contribution < -0.4 is 5.73 Å². The van der Waals surface area contributed by atoms with E-state index in [4.69, 9.17) is 5.73 Å². The van der Waals surface area contributed by atoms with Crippen molar-refractivity contribution in [2.45, 2.75) is 50.5 Å². The molecule has 4 nitrogen and oxygen atoms in total. The van der Waals surface area contributed by atoms with E-state index >= 15 is 0 Å². The van der Waals surface area contributed by atoms with Crippen molar-refractivity contribution >= 4 is 5.97 Å². The van der Waals surface area contributed by atoms with Crippen LogP contribution in [0.1, 0.15) is 49.8 Å². The van der Waals surface area contributed by atoms with E-state index in [0.29, 0.717) is 6.42 Å². The fourth-order valence-electron chi connectivity index (χ4n) is 2.95. The summed E-state index contributed by atoms with van der Waals surface area (Å²) in [6.45, 7) is 1.96. The number of aromatic nitrogens is 1. The number of pyridine rings is 1. The number of hydrogen-bond acceptors (Lipinski definition) is 3. The minimum Gasteiger partial charge on any atom is -0.480 e. The molecule has 0 fully saturated rings. The summed E-state index contributed by atoms with van der Waals surface area (Å²) in [6, 6.07) is 3.93. The molecule has 2 rings (SSSR count). The SMILES string of the molecule is CCCC(N)(C(=O)O)C1CCCc2cccnc21. The highest BCUT2D eigenvalue weighted by molar-refractivity contribution is 5.80. The summed E-state index contributed by atoms with van der Waals surface area (Å²) >= 11 is 0. The largest absolute Gasteiger partial charge is 0.480 e. The summed E-state index contributed by atoms with van der Waals surface area (Å²) in [6.07, 6.45) is 5.75. The fraction of sp³-hybridized carbons (Fsp3) is 0.571. The highest BCUT2D eigenvalue weighted by Gasteiger charge is 2.44. The van der Waals surface area contributed by atoms with Crippen molar-refractivity contribution in [3.05, 3.63) is 29.6 Å². The number of fused-ring (bicyclic) bond motifs is 1. The minimum atomic E-state index is -1.18. The highest BCUT2D eigenvalue weighted by Crippen LogP contribution is 2.38. The van der Waals surface area contributed by atoms with Gasteiger partial charge in [-0.2, -0.15) is 0 Å². The Bertz CT molecular complexity index is 447. The molecule has 18 heavy (non-hydrogen) atoms. The normalized spacial score (nSPS) is 22.0. The number of carboxylic acid groups (broad SMARTS) is 1. The number of hydrogen-bond donors (Lipinski definition) is 2. The van der Waals surface area contributed by atoms with Crippen molar-refractivity contribution in [3.63, 3.8) is 0 Å². The number of nitrogens with two attached hydrogens (primary N) is 1. The monoisotopic (exact) mass is 248 g/mol. The average molecular weight is 248 g/mol. The number of rotatable bonds is 4. The van der Waals surface area contributed by atoms with Gasteiger partial charge in [-0.3, -0.25) is 9.78 Å². The Kier molecular flexibility index (Phi) is 3.66. The molecule has 1 aromatic rings. The predicted molar refractivity (Wildman–Crippen MR) is 69.4 cm³/mol. The first kappa shape index (κ1) is 13.0. The maximum Gasteiger partial charge on any atom is 0.324 e. The van der Waals surface area contributed by atoms with Gasteiger partial charge in [0.15, 0.2) is 0 Å². The molecule has 0 bridgehead atoms. The highest BCUT2D eigenvalue weighted by atomic mass is 16.4. The first-order chi connectivity index (χ1) is 8.59. The van der Waals surface area contributed by atoms with Crippen LogP contribution in [0.5, 0.6) is 0 Å². The van der Waals surface area contributed by atoms with Crippen LogP contribution in [0, 0.1) is 0 Å². The maximum absolute atomic E-state index is 11.6. The minimum absolute atomic E-state index is 0.167. The Morgan fingerprint density at radius 3 is 3.11 bits per heavy atom. The molecule has 0 saturated carbocycles. The van der Waals surface area contributed by atoms with Gasteiger partial charge in [0.2, 0.25) is 0 Å². The van der Waals surface area contributed by atoms with E-state index < -0.39 is 11.5 Å². The van der Waals surface area contributed by atoms with Gasteiger partial charge >= 0.3 is 5.97 Å². The molecule has 0 spiro atoms. The number of aryl methyl sites for hydroxylation is 1. The van der Waals surface area contributed by atoms with Crippen LogP contribution in [-0.2, 0) is 11.2 Å². The molecule has 1 aromatic heterocycles. The van der Waals surface area contributed by atoms with Gasteiger partial charge < -0.3 is 10.8 Å². The van der Waals surface area contributed by atoms with Crippen LogP contribution in [0.15, 0.2) is 18.3 Å². The molecule has 0 amide bonds. The molecule has 3 N–H and O–H groups in total. The van der Waals surface area contributed by atoms with Crippen LogP contribution in [0.2, 0.25) is 0 Å². The van der Waals surface area contributed by atoms with E-state index in [-0.39, 0.29) is 5.92 Å². The summed E-state index contributed by atoms with van der Waals surface area (Å²) in [5, 5.41) is 9.49. The molecule has 0 aliphatic heterocycles. The second-order valence-corrected chi connectivity index (χ2v) is 5.09. The smallest absolute Gasteiger partial charge is 0.324 e. The predicted octanol–water partition coefficient (Wildman–Crippen LogP) is 2.08. The number of aliphatic carboxylic acids is 1. The zero-order valence-electron chi connectivity index (χ0n) is 10.7. The Hall–Kier alpha value is -1.42. The number of carbonyl (C=O) groups is 1. The van der Waals surface area contributed by atoms with E-state index in [1.807, 2.05) is 19.1 Å². The average Bonchev–Trinajstić information content (AvgIpc) is 2.38. The molecule has 0 aromatic carbocycles. The van der Waals surface area contributed by atoms with Crippen LogP contribution in [-0.4, -0.2) is 21.6 Å². The third kappa shape index (κ3) is 2.12. The lowest BCUT2D eigenvalue weighted by Crippen LogP contribution is -2.53. The Morgan fingerprint density at radius 1 is 1.67 bits per heavy atom. The Balaban J connectivity index is 2.42. The second-order valence-electron chi connectivity index (χ2n) is 5.09. The topological polar surface area (TPSA) is 76.2 Å². The van der Waals surface area contributed by atoms with E-state index in [2.05, 4.69) is 4.98 Å². The molecule has 2 unspecified atom stereocenters. The first-order valence-electron chi connectivity index (χ1n) is 6.55. The lowest BCUT2D eigenvalue weighted by Gasteiger charge is -2.36. The number of carboxylic acids is 1. The lowest BCUT2D eigenvalue weighted by molar-refractivity contribution is -0.145. The summed E-state index contributed by atoms with van der Waals surface area (Å²) in [5.74, 6) is -1.08. The fourth-order valence-corrected chi connectivity index (χ4v) is 2.95. The van der Waals surface area contributed by atoms with Gasteiger partial charge in [0.1, 0.15) is 5.54 Å². The first-order valence-corrected chi connectivity index (χ1v) is 6.55. The quantitative estimate of drug-likeness (QED) is 0.855. The standard InChI is InChI=1S/C14H20N2O2/c1-2-8-14(15,13(17)18)11-7-3-5-10-6-4-9-16-12(10)11/h4,6,9,11H,2-3,5,7-8,15H2,1H3,(H,17,18). The Morgan fingerprint density at radius 2 is 2.44 bits per heavy atom. The Labute approximate surface area is 107 Å². The van der Waals surface area contributed by atoms with Gasteiger partial charge in [0.25, 0.3) is 0 Å². The molecule has 2 atom stereocenters. The van der Waals surface area contributed by atoms with Gasteiger partial charge in [0, 0.05) is 17.8 Å². The third-order valence-electron chi connectivity index (χ3n) is 3.88. The van der Waals surface area contributed by atoms with E-state index in [1.165, 1.54) is 0 Å². The van der Waals surface area contributed by atoms with E-state index in [1.54, 1.807) is 6.20 Å². The van der Waals surface area contributed by atoms with Crippen molar-refractivity contribution in [1.82, 2.24) is 4.98 Å². The summed E-state index contributed by atoms with van der Waals surface area (Å²) in [7, 11) is 0. The van der Waals surface area contributed by atoms with Crippen LogP contribution in [0.3, 0.4) is 0 Å². The molecule has 4 heteroatoms. The van der Waals surface area contributed by atoms with E-state index in [0.717, 1.165) is 36.9 Å². The molecular formula is C14H20N2O2. The van der Waals surface area contributed by atoms with Crippen LogP contribution in [0.25, 0.3) is 0 Å². The maximum atomic E-state index is 11.6. The van der Waals surface area contributed by atoms with Crippen molar-refractivity contribution in [1.29, 1.82) is 0 Å². The molecular weight excluding hydrogens is 228 g/mol. The molecule has 1 aliphatic carbocycles. The lowest BCUT2D eigenvalue weighted by atomic mass is 9.72. The van der Waals surface area contributed by atoms with Gasteiger partial charge in [-0.05, 0) is 37.3 Å². The molecule has 0 saturated heterocycles. The zero-order chi connectivity index (χ0) is 13.2. The zero-order valence-corrected chi connectivity index (χ0v) is 10.7. The summed E-state index contributed by atoms with van der Waals surface area (Å²) in [5.41, 5.74) is 7.06. The summed E-state index contributed by atoms with van der Waals surface area (Å²) in [4.78, 5) is 16.0. The van der Waals surface area contributed by atoms with E-state index in [9.17, 15) is 9.90 Å². The second kappa shape index (κ2) is 5.06.